The molecular weight excluding hydrogens is 278 g/mol. The van der Waals surface area contributed by atoms with Gasteiger partial charge in [0.1, 0.15) is 0 Å². The van der Waals surface area contributed by atoms with Crippen LogP contribution in [0.5, 0.6) is 11.5 Å². The Morgan fingerprint density at radius 2 is 1.70 bits per heavy atom. The highest BCUT2D eigenvalue weighted by molar-refractivity contribution is 5.85. The fraction of sp³-hybridized carbons (Fsp3) is 0.600. The van der Waals surface area contributed by atoms with Crippen LogP contribution in [-0.2, 0) is 0 Å². The van der Waals surface area contributed by atoms with Gasteiger partial charge in [-0.1, -0.05) is 26.8 Å². The first-order chi connectivity index (χ1) is 8.79. The summed E-state index contributed by atoms with van der Waals surface area (Å²) in [5.74, 6) is 1.27. The third kappa shape index (κ3) is 4.85. The molecule has 0 aliphatic carbocycles. The van der Waals surface area contributed by atoms with E-state index in [9.17, 15) is 5.11 Å². The fourth-order valence-corrected chi connectivity index (χ4v) is 1.79. The van der Waals surface area contributed by atoms with Gasteiger partial charge in [-0.3, -0.25) is 0 Å². The van der Waals surface area contributed by atoms with E-state index in [0.29, 0.717) is 17.9 Å². The Balaban J connectivity index is 0.00000361. The van der Waals surface area contributed by atoms with E-state index in [1.165, 1.54) is 0 Å². The van der Waals surface area contributed by atoms with Gasteiger partial charge in [0.25, 0.3) is 0 Å². The van der Waals surface area contributed by atoms with Gasteiger partial charge in [0.2, 0.25) is 0 Å². The molecule has 1 aromatic carbocycles. The summed E-state index contributed by atoms with van der Waals surface area (Å²) in [6, 6.07) is 5.34. The summed E-state index contributed by atoms with van der Waals surface area (Å²) in [6.45, 7) is 6.21. The van der Waals surface area contributed by atoms with Crippen molar-refractivity contribution in [2.24, 2.45) is 11.1 Å². The van der Waals surface area contributed by atoms with E-state index in [1.54, 1.807) is 26.4 Å². The molecule has 0 saturated carbocycles. The average Bonchev–Trinajstić information content (AvgIpc) is 2.36. The predicted octanol–water partition coefficient (Wildman–Crippen LogP) is 2.92. The minimum absolute atomic E-state index is 0. The molecule has 0 aliphatic rings. The fourth-order valence-electron chi connectivity index (χ4n) is 1.79. The van der Waals surface area contributed by atoms with E-state index in [0.717, 1.165) is 5.56 Å². The van der Waals surface area contributed by atoms with E-state index in [2.05, 4.69) is 20.8 Å². The van der Waals surface area contributed by atoms with Crippen molar-refractivity contribution in [1.29, 1.82) is 0 Å². The number of aliphatic hydroxyl groups is 1. The lowest BCUT2D eigenvalue weighted by molar-refractivity contribution is 0.133. The highest BCUT2D eigenvalue weighted by atomic mass is 35.5. The number of rotatable bonds is 5. The lowest BCUT2D eigenvalue weighted by atomic mass is 9.83. The van der Waals surface area contributed by atoms with Crippen molar-refractivity contribution in [3.8, 4) is 11.5 Å². The van der Waals surface area contributed by atoms with Crippen LogP contribution < -0.4 is 15.2 Å². The summed E-state index contributed by atoms with van der Waals surface area (Å²) in [7, 11) is 3.17. The summed E-state index contributed by atoms with van der Waals surface area (Å²) < 4.78 is 10.4. The zero-order valence-electron chi connectivity index (χ0n) is 12.8. The first-order valence-electron chi connectivity index (χ1n) is 6.45. The highest BCUT2D eigenvalue weighted by Gasteiger charge is 2.24. The van der Waals surface area contributed by atoms with Crippen molar-refractivity contribution in [1.82, 2.24) is 0 Å². The predicted molar refractivity (Wildman–Crippen MR) is 83.8 cm³/mol. The van der Waals surface area contributed by atoms with Crippen molar-refractivity contribution in [3.05, 3.63) is 23.8 Å². The topological polar surface area (TPSA) is 64.7 Å². The van der Waals surface area contributed by atoms with Crippen molar-refractivity contribution in [2.75, 3.05) is 14.2 Å². The molecule has 0 amide bonds. The van der Waals surface area contributed by atoms with E-state index < -0.39 is 6.10 Å². The molecule has 2 atom stereocenters. The molecule has 0 heterocycles. The number of aliphatic hydroxyl groups excluding tert-OH is 1. The first kappa shape index (κ1) is 19.0. The number of hydrogen-bond acceptors (Lipinski definition) is 4. The molecule has 0 radical (unpaired) electrons. The van der Waals surface area contributed by atoms with E-state index >= 15 is 0 Å². The van der Waals surface area contributed by atoms with Crippen molar-refractivity contribution < 1.29 is 14.6 Å². The van der Waals surface area contributed by atoms with Crippen LogP contribution in [0, 0.1) is 5.41 Å². The van der Waals surface area contributed by atoms with Crippen LogP contribution in [-0.4, -0.2) is 25.4 Å². The Kier molecular flexibility index (Phi) is 7.34. The maximum absolute atomic E-state index is 10.3. The Morgan fingerprint density at radius 3 is 2.15 bits per heavy atom. The molecule has 116 valence electrons. The molecule has 0 fully saturated rings. The van der Waals surface area contributed by atoms with Crippen LogP contribution in [0.25, 0.3) is 0 Å². The molecule has 0 aliphatic heterocycles. The van der Waals surface area contributed by atoms with Crippen molar-refractivity contribution in [2.45, 2.75) is 39.3 Å². The van der Waals surface area contributed by atoms with Crippen LogP contribution >= 0.6 is 12.4 Å². The Morgan fingerprint density at radius 1 is 1.15 bits per heavy atom. The summed E-state index contributed by atoms with van der Waals surface area (Å²) in [6.07, 6.45) is -0.0899. The third-order valence-corrected chi connectivity index (χ3v) is 3.38. The SMILES string of the molecule is COc1ccc([C@@H](O)C[C@H](N)C(C)(C)C)cc1OC.Cl. The lowest BCUT2D eigenvalue weighted by Crippen LogP contribution is -2.36. The summed E-state index contributed by atoms with van der Waals surface area (Å²) in [5.41, 5.74) is 6.86. The molecule has 5 heteroatoms. The van der Waals surface area contributed by atoms with Gasteiger partial charge in [-0.15, -0.1) is 12.4 Å². The van der Waals surface area contributed by atoms with Crippen molar-refractivity contribution in [3.63, 3.8) is 0 Å². The molecule has 0 unspecified atom stereocenters. The van der Waals surface area contributed by atoms with E-state index in [-0.39, 0.29) is 23.9 Å². The molecule has 0 aromatic heterocycles. The summed E-state index contributed by atoms with van der Waals surface area (Å²) in [5, 5.41) is 10.3. The second-order valence-corrected chi connectivity index (χ2v) is 5.84. The molecule has 20 heavy (non-hydrogen) atoms. The van der Waals surface area contributed by atoms with Gasteiger partial charge in [0.15, 0.2) is 11.5 Å². The van der Waals surface area contributed by atoms with Gasteiger partial charge in [0.05, 0.1) is 20.3 Å². The standard InChI is InChI=1S/C15H25NO3.ClH/c1-15(2,3)14(16)9-11(17)10-6-7-12(18-4)13(8-10)19-5;/h6-8,11,14,17H,9,16H2,1-5H3;1H/t11-,14-;/m0./s1. The smallest absolute Gasteiger partial charge is 0.161 e. The van der Waals surface area contributed by atoms with Crippen LogP contribution in [0.1, 0.15) is 38.9 Å². The molecule has 1 aromatic rings. The second kappa shape index (κ2) is 7.72. The van der Waals surface area contributed by atoms with Crippen LogP contribution in [0.2, 0.25) is 0 Å². The zero-order chi connectivity index (χ0) is 14.6. The maximum Gasteiger partial charge on any atom is 0.161 e. The van der Waals surface area contributed by atoms with Gasteiger partial charge < -0.3 is 20.3 Å². The number of benzene rings is 1. The summed E-state index contributed by atoms with van der Waals surface area (Å²) in [4.78, 5) is 0. The molecule has 0 spiro atoms. The average molecular weight is 304 g/mol. The lowest BCUT2D eigenvalue weighted by Gasteiger charge is -2.29. The largest absolute Gasteiger partial charge is 0.493 e. The van der Waals surface area contributed by atoms with Gasteiger partial charge in [-0.05, 0) is 29.5 Å². The van der Waals surface area contributed by atoms with Gasteiger partial charge >= 0.3 is 0 Å². The third-order valence-electron chi connectivity index (χ3n) is 3.38. The van der Waals surface area contributed by atoms with E-state index in [4.69, 9.17) is 15.2 Å². The van der Waals surface area contributed by atoms with E-state index in [1.807, 2.05) is 6.07 Å². The Hall–Kier alpha value is -0.970. The van der Waals surface area contributed by atoms with Gasteiger partial charge in [0, 0.05) is 6.04 Å². The highest BCUT2D eigenvalue weighted by Crippen LogP contribution is 2.32. The number of ether oxygens (including phenoxy) is 2. The molecule has 0 saturated heterocycles. The molecule has 3 N–H and O–H groups in total. The Labute approximate surface area is 127 Å². The number of hydrogen-bond donors (Lipinski definition) is 2. The Bertz CT molecular complexity index is 418. The number of methoxy groups -OCH3 is 2. The van der Waals surface area contributed by atoms with Crippen molar-refractivity contribution >= 4 is 12.4 Å². The number of halogens is 1. The van der Waals surface area contributed by atoms with Gasteiger partial charge in [-0.2, -0.15) is 0 Å². The first-order valence-corrected chi connectivity index (χ1v) is 6.45. The number of nitrogens with two attached hydrogens (primary N) is 1. The minimum Gasteiger partial charge on any atom is -0.493 e. The quantitative estimate of drug-likeness (QED) is 0.878. The minimum atomic E-state index is -0.603. The molecule has 1 rings (SSSR count). The molecule has 0 bridgehead atoms. The summed E-state index contributed by atoms with van der Waals surface area (Å²) >= 11 is 0. The van der Waals surface area contributed by atoms with Crippen LogP contribution in [0.4, 0.5) is 0 Å². The van der Waals surface area contributed by atoms with Crippen LogP contribution in [0.15, 0.2) is 18.2 Å². The molecular formula is C15H26ClNO3. The normalized spacial score (nSPS) is 14.2. The zero-order valence-corrected chi connectivity index (χ0v) is 13.7. The molecule has 4 nitrogen and oxygen atoms in total. The maximum atomic E-state index is 10.3. The second-order valence-electron chi connectivity index (χ2n) is 5.84. The monoisotopic (exact) mass is 303 g/mol. The van der Waals surface area contributed by atoms with Gasteiger partial charge in [-0.25, -0.2) is 0 Å². The van der Waals surface area contributed by atoms with Crippen LogP contribution in [0.3, 0.4) is 0 Å².